The van der Waals surface area contributed by atoms with Crippen molar-refractivity contribution in [3.05, 3.63) is 60.3 Å². The Labute approximate surface area is 118 Å². The molecule has 0 spiro atoms. The highest BCUT2D eigenvalue weighted by Gasteiger charge is 2.09. The molecule has 3 aromatic rings. The first-order valence-electron chi connectivity index (χ1n) is 5.90. The summed E-state index contributed by atoms with van der Waals surface area (Å²) >= 11 is 1.24. The van der Waals surface area contributed by atoms with Crippen molar-refractivity contribution < 1.29 is 8.78 Å². The van der Waals surface area contributed by atoms with Gasteiger partial charge in [0.2, 0.25) is 0 Å². The van der Waals surface area contributed by atoms with Crippen LogP contribution in [-0.2, 0) is 0 Å². The van der Waals surface area contributed by atoms with Gasteiger partial charge in [-0.1, -0.05) is 11.8 Å². The van der Waals surface area contributed by atoms with Gasteiger partial charge in [0.05, 0.1) is 5.52 Å². The number of nitrogens with zero attached hydrogens (tertiary/aromatic N) is 1. The molecule has 0 unspecified atom stereocenters. The van der Waals surface area contributed by atoms with Crippen molar-refractivity contribution in [2.24, 2.45) is 0 Å². The van der Waals surface area contributed by atoms with Gasteiger partial charge < -0.3 is 5.73 Å². The summed E-state index contributed by atoms with van der Waals surface area (Å²) in [5, 5.41) is 0.885. The number of rotatable bonds is 2. The summed E-state index contributed by atoms with van der Waals surface area (Å²) in [4.78, 5) is 5.45. The molecule has 2 aromatic carbocycles. The number of hydrogen-bond acceptors (Lipinski definition) is 3. The molecule has 5 heteroatoms. The average molecular weight is 288 g/mol. The highest BCUT2D eigenvalue weighted by molar-refractivity contribution is 7.99. The minimum absolute atomic E-state index is 0.371. The van der Waals surface area contributed by atoms with E-state index in [9.17, 15) is 8.78 Å². The zero-order valence-corrected chi connectivity index (χ0v) is 11.1. The summed E-state index contributed by atoms with van der Waals surface area (Å²) < 4.78 is 26.6. The van der Waals surface area contributed by atoms with E-state index in [1.165, 1.54) is 23.9 Å². The van der Waals surface area contributed by atoms with Crippen LogP contribution in [0.4, 0.5) is 14.5 Å². The van der Waals surface area contributed by atoms with E-state index in [1.807, 2.05) is 6.07 Å². The molecule has 2 nitrogen and oxygen atoms in total. The first kappa shape index (κ1) is 12.9. The van der Waals surface area contributed by atoms with Crippen molar-refractivity contribution in [1.82, 2.24) is 4.98 Å². The quantitative estimate of drug-likeness (QED) is 0.717. The average Bonchev–Trinajstić information content (AvgIpc) is 2.41. The molecule has 0 fully saturated rings. The zero-order valence-electron chi connectivity index (χ0n) is 10.3. The summed E-state index contributed by atoms with van der Waals surface area (Å²) in [6.45, 7) is 0. The topological polar surface area (TPSA) is 38.9 Å². The molecule has 3 rings (SSSR count). The Morgan fingerprint density at radius 3 is 2.60 bits per heavy atom. The summed E-state index contributed by atoms with van der Waals surface area (Å²) in [5.74, 6) is -1.16. The predicted molar refractivity (Wildman–Crippen MR) is 76.6 cm³/mol. The number of benzene rings is 2. The zero-order chi connectivity index (χ0) is 14.1. The number of nitrogens with two attached hydrogens (primary N) is 1. The van der Waals surface area contributed by atoms with E-state index in [2.05, 4.69) is 4.98 Å². The first-order chi connectivity index (χ1) is 9.63. The van der Waals surface area contributed by atoms with Crippen molar-refractivity contribution in [2.75, 3.05) is 5.73 Å². The Morgan fingerprint density at radius 1 is 0.950 bits per heavy atom. The number of fused-ring (bicyclic) bond motifs is 1. The van der Waals surface area contributed by atoms with Crippen molar-refractivity contribution in [3.8, 4) is 0 Å². The van der Waals surface area contributed by atoms with Crippen LogP contribution in [0.2, 0.25) is 0 Å². The van der Waals surface area contributed by atoms with Crippen LogP contribution in [0.5, 0.6) is 0 Å². The third kappa shape index (κ3) is 2.44. The Balaban J connectivity index is 2.06. The van der Waals surface area contributed by atoms with Crippen LogP contribution >= 0.6 is 11.8 Å². The predicted octanol–water partition coefficient (Wildman–Crippen LogP) is 4.25. The summed E-state index contributed by atoms with van der Waals surface area (Å²) in [6.07, 6.45) is 1.64. The maximum absolute atomic E-state index is 13.7. The number of hydrogen-bond donors (Lipinski definition) is 1. The second-order valence-corrected chi connectivity index (χ2v) is 5.35. The number of nitrogen functional groups attached to an aromatic ring is 1. The molecule has 1 aromatic heterocycles. The van der Waals surface area contributed by atoms with Crippen LogP contribution in [0.15, 0.2) is 58.5 Å². The van der Waals surface area contributed by atoms with Crippen LogP contribution in [-0.4, -0.2) is 4.98 Å². The normalized spacial score (nSPS) is 10.9. The molecule has 0 amide bonds. The van der Waals surface area contributed by atoms with Crippen LogP contribution in [0.1, 0.15) is 0 Å². The standard InChI is InChI=1S/C15H10F2N2S/c16-9-1-4-15(12(17)7-9)20-14-5-6-19-13-8-10(18)2-3-11(13)14/h1-8H,18H2. The van der Waals surface area contributed by atoms with Gasteiger partial charge in [-0.15, -0.1) is 0 Å². The van der Waals surface area contributed by atoms with Gasteiger partial charge in [-0.2, -0.15) is 0 Å². The van der Waals surface area contributed by atoms with Gasteiger partial charge in [0, 0.05) is 33.1 Å². The summed E-state index contributed by atoms with van der Waals surface area (Å²) in [7, 11) is 0. The minimum Gasteiger partial charge on any atom is -0.399 e. The van der Waals surface area contributed by atoms with Crippen LogP contribution in [0, 0.1) is 11.6 Å². The largest absolute Gasteiger partial charge is 0.399 e. The van der Waals surface area contributed by atoms with E-state index < -0.39 is 11.6 Å². The highest BCUT2D eigenvalue weighted by atomic mass is 32.2. The summed E-state index contributed by atoms with van der Waals surface area (Å²) in [5.41, 5.74) is 7.09. The maximum Gasteiger partial charge on any atom is 0.140 e. The van der Waals surface area contributed by atoms with E-state index in [0.29, 0.717) is 10.6 Å². The summed E-state index contributed by atoms with van der Waals surface area (Å²) in [6, 6.07) is 10.7. The lowest BCUT2D eigenvalue weighted by atomic mass is 10.2. The van der Waals surface area contributed by atoms with E-state index >= 15 is 0 Å². The lowest BCUT2D eigenvalue weighted by Gasteiger charge is -2.07. The van der Waals surface area contributed by atoms with Gasteiger partial charge in [0.15, 0.2) is 0 Å². The Hall–Kier alpha value is -2.14. The van der Waals surface area contributed by atoms with Crippen molar-refractivity contribution in [3.63, 3.8) is 0 Å². The van der Waals surface area contributed by atoms with Crippen molar-refractivity contribution in [1.29, 1.82) is 0 Å². The lowest BCUT2D eigenvalue weighted by Crippen LogP contribution is -1.88. The second-order valence-electron chi connectivity index (χ2n) is 4.26. The molecule has 0 aliphatic heterocycles. The lowest BCUT2D eigenvalue weighted by molar-refractivity contribution is 0.566. The molecule has 100 valence electrons. The number of pyridine rings is 1. The second kappa shape index (κ2) is 5.09. The number of anilines is 1. The smallest absolute Gasteiger partial charge is 0.140 e. The van der Waals surface area contributed by atoms with E-state index in [-0.39, 0.29) is 0 Å². The third-order valence-corrected chi connectivity index (χ3v) is 3.97. The third-order valence-electron chi connectivity index (χ3n) is 2.84. The van der Waals surface area contributed by atoms with Crippen LogP contribution < -0.4 is 5.73 Å². The van der Waals surface area contributed by atoms with Gasteiger partial charge in [-0.25, -0.2) is 8.78 Å². The van der Waals surface area contributed by atoms with Gasteiger partial charge in [-0.05, 0) is 36.4 Å². The molecule has 0 aliphatic carbocycles. The Morgan fingerprint density at radius 2 is 1.80 bits per heavy atom. The van der Waals surface area contributed by atoms with Crippen LogP contribution in [0.3, 0.4) is 0 Å². The van der Waals surface area contributed by atoms with Gasteiger partial charge >= 0.3 is 0 Å². The molecule has 1 heterocycles. The molecule has 0 aliphatic rings. The molecule has 0 bridgehead atoms. The monoisotopic (exact) mass is 288 g/mol. The maximum atomic E-state index is 13.7. The Bertz CT molecular complexity index is 790. The van der Waals surface area contributed by atoms with E-state index in [1.54, 1.807) is 24.4 Å². The molecular weight excluding hydrogens is 278 g/mol. The Kier molecular flexibility index (Phi) is 3.28. The van der Waals surface area contributed by atoms with Crippen molar-refractivity contribution in [2.45, 2.75) is 9.79 Å². The fourth-order valence-electron chi connectivity index (χ4n) is 1.90. The van der Waals surface area contributed by atoms with Crippen molar-refractivity contribution >= 4 is 28.4 Å². The molecule has 0 saturated heterocycles. The van der Waals surface area contributed by atoms with E-state index in [4.69, 9.17) is 5.73 Å². The van der Waals surface area contributed by atoms with Gasteiger partial charge in [0.1, 0.15) is 11.6 Å². The SMILES string of the molecule is Nc1ccc2c(Sc3ccc(F)cc3F)ccnc2c1. The fourth-order valence-corrected chi connectivity index (χ4v) is 2.85. The van der Waals surface area contributed by atoms with Gasteiger partial charge in [-0.3, -0.25) is 4.98 Å². The molecule has 2 N–H and O–H groups in total. The number of aromatic nitrogens is 1. The molecule has 20 heavy (non-hydrogen) atoms. The highest BCUT2D eigenvalue weighted by Crippen LogP contribution is 2.34. The van der Waals surface area contributed by atoms with Gasteiger partial charge in [0.25, 0.3) is 0 Å². The van der Waals surface area contributed by atoms with Crippen LogP contribution in [0.25, 0.3) is 10.9 Å². The fraction of sp³-hybridized carbons (Fsp3) is 0. The molecule has 0 radical (unpaired) electrons. The minimum atomic E-state index is -0.584. The molecular formula is C15H10F2N2S. The first-order valence-corrected chi connectivity index (χ1v) is 6.72. The number of halogens is 2. The van der Waals surface area contributed by atoms with E-state index in [0.717, 1.165) is 21.9 Å². The molecule has 0 saturated carbocycles. The molecule has 0 atom stereocenters.